The number of aryl methyl sites for hydroxylation is 2. The summed E-state index contributed by atoms with van der Waals surface area (Å²) >= 11 is 0. The predicted molar refractivity (Wildman–Crippen MR) is 125 cm³/mol. The minimum Gasteiger partial charge on any atom is -0.496 e. The van der Waals surface area contributed by atoms with Gasteiger partial charge in [-0.05, 0) is 55.0 Å². The molecule has 1 aliphatic heterocycles. The molecule has 4 rings (SSSR count). The number of ether oxygens (including phenoxy) is 1. The number of hydrogen-bond acceptors (Lipinski definition) is 6. The van der Waals surface area contributed by atoms with E-state index in [4.69, 9.17) is 9.72 Å². The summed E-state index contributed by atoms with van der Waals surface area (Å²) in [5.41, 5.74) is 5.02. The molecule has 32 heavy (non-hydrogen) atoms. The lowest BCUT2D eigenvalue weighted by atomic mass is 10.1. The third-order valence-corrected chi connectivity index (χ3v) is 5.72. The first-order valence-electron chi connectivity index (χ1n) is 11.1. The number of nitrogens with one attached hydrogen (secondary N) is 1. The fourth-order valence-corrected chi connectivity index (χ4v) is 4.01. The van der Waals surface area contributed by atoms with Crippen molar-refractivity contribution in [2.45, 2.75) is 39.7 Å². The van der Waals surface area contributed by atoms with E-state index < -0.39 is 0 Å². The zero-order valence-electron chi connectivity index (χ0n) is 18.9. The van der Waals surface area contributed by atoms with Crippen LogP contribution >= 0.6 is 0 Å². The van der Waals surface area contributed by atoms with Gasteiger partial charge in [-0.25, -0.2) is 9.97 Å². The van der Waals surface area contributed by atoms with Crippen LogP contribution in [-0.2, 0) is 13.0 Å². The van der Waals surface area contributed by atoms with Crippen LogP contribution in [0.15, 0.2) is 42.9 Å². The molecule has 3 aromatic rings. The maximum Gasteiger partial charge on any atom is 0.274 e. The van der Waals surface area contributed by atoms with Gasteiger partial charge in [-0.2, -0.15) is 0 Å². The van der Waals surface area contributed by atoms with Crippen LogP contribution in [0.1, 0.15) is 46.9 Å². The molecule has 3 heterocycles. The molecule has 2 aromatic heterocycles. The van der Waals surface area contributed by atoms with Crippen LogP contribution in [0.2, 0.25) is 0 Å². The smallest absolute Gasteiger partial charge is 0.274 e. The Kier molecular flexibility index (Phi) is 6.63. The molecule has 0 saturated carbocycles. The Morgan fingerprint density at radius 3 is 2.69 bits per heavy atom. The number of pyridine rings is 1. The van der Waals surface area contributed by atoms with Gasteiger partial charge in [0.15, 0.2) is 11.5 Å². The van der Waals surface area contributed by atoms with Gasteiger partial charge in [0.2, 0.25) is 0 Å². The molecule has 1 fully saturated rings. The number of carbonyl (C=O) groups is 1. The molecule has 1 saturated heterocycles. The van der Waals surface area contributed by atoms with Crippen molar-refractivity contribution in [2.75, 3.05) is 25.1 Å². The molecular weight excluding hydrogens is 402 g/mol. The zero-order chi connectivity index (χ0) is 22.5. The number of amides is 1. The van der Waals surface area contributed by atoms with Crippen molar-refractivity contribution in [3.05, 3.63) is 65.2 Å². The summed E-state index contributed by atoms with van der Waals surface area (Å²) in [7, 11) is 1.67. The second-order valence-corrected chi connectivity index (χ2v) is 8.06. The van der Waals surface area contributed by atoms with Crippen molar-refractivity contribution < 1.29 is 9.53 Å². The van der Waals surface area contributed by atoms with Gasteiger partial charge in [0.05, 0.1) is 19.0 Å². The van der Waals surface area contributed by atoms with Crippen LogP contribution in [0, 0.1) is 6.92 Å². The number of carbonyl (C=O) groups excluding carboxylic acids is 1. The molecule has 0 spiro atoms. The summed E-state index contributed by atoms with van der Waals surface area (Å²) in [5, 5.41) is 3.03. The monoisotopic (exact) mass is 431 g/mol. The van der Waals surface area contributed by atoms with Crippen molar-refractivity contribution in [3.63, 3.8) is 0 Å². The molecule has 1 amide bonds. The normalized spacial score (nSPS) is 13.3. The lowest BCUT2D eigenvalue weighted by Crippen LogP contribution is -2.29. The summed E-state index contributed by atoms with van der Waals surface area (Å²) in [4.78, 5) is 29.0. The lowest BCUT2D eigenvalue weighted by Gasteiger charge is -2.19. The van der Waals surface area contributed by atoms with E-state index in [2.05, 4.69) is 33.2 Å². The average Bonchev–Trinajstić information content (AvgIpc) is 3.36. The molecule has 7 heteroatoms. The standard InChI is InChI=1S/C25H29N5O2/c1-4-19-12-18(7-8-22(19)32-3)14-28-25(31)23-24(30-9-5-6-10-30)27-16-21(29-23)20-11-17(2)13-26-15-20/h7-8,11-13,15-16H,4-6,9-10,14H2,1-3H3,(H,28,31). The first-order valence-corrected chi connectivity index (χ1v) is 11.1. The molecular formula is C25H29N5O2. The van der Waals surface area contributed by atoms with Gasteiger partial charge >= 0.3 is 0 Å². The molecule has 1 aliphatic rings. The summed E-state index contributed by atoms with van der Waals surface area (Å²) in [6.07, 6.45) is 8.33. The van der Waals surface area contributed by atoms with Crippen molar-refractivity contribution >= 4 is 11.7 Å². The van der Waals surface area contributed by atoms with Gasteiger partial charge in [0.1, 0.15) is 5.75 Å². The molecule has 0 unspecified atom stereocenters. The van der Waals surface area contributed by atoms with Gasteiger partial charge in [-0.15, -0.1) is 0 Å². The minimum absolute atomic E-state index is 0.226. The SMILES string of the molecule is CCc1cc(CNC(=O)c2nc(-c3cncc(C)c3)cnc2N2CCCC2)ccc1OC. The second kappa shape index (κ2) is 9.77. The van der Waals surface area contributed by atoms with Gasteiger partial charge in [-0.1, -0.05) is 19.1 Å². The highest BCUT2D eigenvalue weighted by Gasteiger charge is 2.23. The summed E-state index contributed by atoms with van der Waals surface area (Å²) in [5.74, 6) is 1.29. The highest BCUT2D eigenvalue weighted by molar-refractivity contribution is 5.97. The van der Waals surface area contributed by atoms with E-state index in [0.717, 1.165) is 60.4 Å². The molecule has 1 aromatic carbocycles. The fraction of sp³-hybridized carbons (Fsp3) is 0.360. The van der Waals surface area contributed by atoms with E-state index in [9.17, 15) is 4.79 Å². The first-order chi connectivity index (χ1) is 15.6. The second-order valence-electron chi connectivity index (χ2n) is 8.06. The van der Waals surface area contributed by atoms with Crippen molar-refractivity contribution in [3.8, 4) is 17.0 Å². The highest BCUT2D eigenvalue weighted by Crippen LogP contribution is 2.25. The van der Waals surface area contributed by atoms with Crippen molar-refractivity contribution in [1.29, 1.82) is 0 Å². The largest absolute Gasteiger partial charge is 0.496 e. The summed E-state index contributed by atoms with van der Waals surface area (Å²) < 4.78 is 5.41. The zero-order valence-corrected chi connectivity index (χ0v) is 18.9. The van der Waals surface area contributed by atoms with Crippen molar-refractivity contribution in [1.82, 2.24) is 20.3 Å². The Morgan fingerprint density at radius 1 is 1.16 bits per heavy atom. The lowest BCUT2D eigenvalue weighted by molar-refractivity contribution is 0.0946. The van der Waals surface area contributed by atoms with Crippen LogP contribution in [-0.4, -0.2) is 41.1 Å². The minimum atomic E-state index is -0.226. The van der Waals surface area contributed by atoms with Crippen molar-refractivity contribution in [2.24, 2.45) is 0 Å². The summed E-state index contributed by atoms with van der Waals surface area (Å²) in [6, 6.07) is 7.99. The molecule has 1 N–H and O–H groups in total. The molecule has 0 radical (unpaired) electrons. The number of aromatic nitrogens is 3. The average molecular weight is 432 g/mol. The Balaban J connectivity index is 1.61. The van der Waals surface area contributed by atoms with Gasteiger partial charge in [0.25, 0.3) is 5.91 Å². The first kappa shape index (κ1) is 21.7. The highest BCUT2D eigenvalue weighted by atomic mass is 16.5. The van der Waals surface area contributed by atoms with Crippen LogP contribution in [0.3, 0.4) is 0 Å². The number of rotatable bonds is 7. The number of nitrogens with zero attached hydrogens (tertiary/aromatic N) is 4. The Morgan fingerprint density at radius 2 is 1.97 bits per heavy atom. The summed E-state index contributed by atoms with van der Waals surface area (Å²) in [6.45, 7) is 6.25. The van der Waals surface area contributed by atoms with Crippen LogP contribution in [0.25, 0.3) is 11.3 Å². The fourth-order valence-electron chi connectivity index (χ4n) is 4.01. The molecule has 0 bridgehead atoms. The Hall–Kier alpha value is -3.48. The number of methoxy groups -OCH3 is 1. The van der Waals surface area contributed by atoms with E-state index in [-0.39, 0.29) is 5.91 Å². The molecule has 7 nitrogen and oxygen atoms in total. The maximum absolute atomic E-state index is 13.2. The van der Waals surface area contributed by atoms with Gasteiger partial charge < -0.3 is 15.0 Å². The Labute approximate surface area is 188 Å². The Bertz CT molecular complexity index is 1110. The quantitative estimate of drug-likeness (QED) is 0.610. The van der Waals surface area contributed by atoms with Crippen LogP contribution in [0.4, 0.5) is 5.82 Å². The van der Waals surface area contributed by atoms with E-state index in [1.54, 1.807) is 25.7 Å². The molecule has 0 aliphatic carbocycles. The van der Waals surface area contributed by atoms with E-state index >= 15 is 0 Å². The number of hydrogen-bond donors (Lipinski definition) is 1. The van der Waals surface area contributed by atoms with E-state index in [0.29, 0.717) is 23.8 Å². The molecule has 0 atom stereocenters. The third kappa shape index (κ3) is 4.72. The third-order valence-electron chi connectivity index (χ3n) is 5.72. The number of anilines is 1. The topological polar surface area (TPSA) is 80.2 Å². The number of benzene rings is 1. The molecule has 166 valence electrons. The predicted octanol–water partition coefficient (Wildman–Crippen LogP) is 3.95. The van der Waals surface area contributed by atoms with E-state index in [1.165, 1.54) is 0 Å². The maximum atomic E-state index is 13.2. The van der Waals surface area contributed by atoms with E-state index in [1.807, 2.05) is 25.1 Å². The van der Waals surface area contributed by atoms with Crippen LogP contribution < -0.4 is 15.0 Å². The van der Waals surface area contributed by atoms with Crippen LogP contribution in [0.5, 0.6) is 5.75 Å². The van der Waals surface area contributed by atoms with Gasteiger partial charge in [-0.3, -0.25) is 9.78 Å². The van der Waals surface area contributed by atoms with Gasteiger partial charge in [0, 0.05) is 37.6 Å².